The molecule has 4 aromatic carbocycles. The zero-order valence-corrected chi connectivity index (χ0v) is 20.1. The first-order valence-corrected chi connectivity index (χ1v) is 13.0. The van der Waals surface area contributed by atoms with Gasteiger partial charge in [0.1, 0.15) is 0 Å². The van der Waals surface area contributed by atoms with Crippen LogP contribution in [0.2, 0.25) is 0 Å². The predicted octanol–water partition coefficient (Wildman–Crippen LogP) is 5.28. The highest BCUT2D eigenvalue weighted by molar-refractivity contribution is 7.92. The highest BCUT2D eigenvalue weighted by atomic mass is 32.2. The van der Waals surface area contributed by atoms with Gasteiger partial charge in [-0.2, -0.15) is 0 Å². The second-order valence-corrected chi connectivity index (χ2v) is 10.5. The van der Waals surface area contributed by atoms with Gasteiger partial charge in [-0.3, -0.25) is 9.10 Å². The topological polar surface area (TPSA) is 57.7 Å². The molecule has 0 bridgehead atoms. The van der Waals surface area contributed by atoms with Crippen molar-refractivity contribution in [1.29, 1.82) is 0 Å². The quantitative estimate of drug-likeness (QED) is 0.376. The van der Waals surface area contributed by atoms with Crippen LogP contribution in [0.25, 0.3) is 0 Å². The molecule has 0 saturated heterocycles. The summed E-state index contributed by atoms with van der Waals surface area (Å²) in [6, 6.07) is 33.0. The Morgan fingerprint density at radius 2 is 1.34 bits per heavy atom. The number of hydrogen-bond donors (Lipinski definition) is 0. The first-order valence-electron chi connectivity index (χ1n) is 11.6. The molecule has 0 N–H and O–H groups in total. The zero-order valence-electron chi connectivity index (χ0n) is 19.2. The number of benzene rings is 4. The Bertz CT molecular complexity index is 1420. The van der Waals surface area contributed by atoms with E-state index in [-0.39, 0.29) is 17.3 Å². The van der Waals surface area contributed by atoms with Gasteiger partial charge < -0.3 is 4.90 Å². The molecule has 0 fully saturated rings. The number of fused-ring (bicyclic) bond motifs is 1. The highest BCUT2D eigenvalue weighted by Gasteiger charge is 2.26. The molecule has 6 heteroatoms. The fourth-order valence-corrected chi connectivity index (χ4v) is 5.88. The van der Waals surface area contributed by atoms with E-state index in [0.717, 1.165) is 12.0 Å². The molecule has 5 rings (SSSR count). The van der Waals surface area contributed by atoms with E-state index in [0.29, 0.717) is 24.3 Å². The van der Waals surface area contributed by atoms with Crippen LogP contribution >= 0.6 is 0 Å². The van der Waals surface area contributed by atoms with E-state index >= 15 is 0 Å². The average molecular weight is 483 g/mol. The van der Waals surface area contributed by atoms with Gasteiger partial charge in [-0.25, -0.2) is 8.42 Å². The lowest BCUT2D eigenvalue weighted by Gasteiger charge is -2.29. The first kappa shape index (κ1) is 22.9. The molecular formula is C29H26N2O3S. The Morgan fingerprint density at radius 1 is 0.743 bits per heavy atom. The number of rotatable bonds is 6. The summed E-state index contributed by atoms with van der Waals surface area (Å²) in [7, 11) is -3.80. The van der Waals surface area contributed by atoms with E-state index < -0.39 is 10.0 Å². The fourth-order valence-electron chi connectivity index (χ4n) is 4.41. The number of nitrogens with zero attached hydrogens (tertiary/aromatic N) is 2. The third kappa shape index (κ3) is 4.84. The highest BCUT2D eigenvalue weighted by Crippen LogP contribution is 2.27. The minimum absolute atomic E-state index is 0.0495. The number of anilines is 1. The van der Waals surface area contributed by atoms with Crippen LogP contribution in [0.4, 0.5) is 5.69 Å². The molecule has 0 aromatic heterocycles. The van der Waals surface area contributed by atoms with Crippen LogP contribution in [0.5, 0.6) is 0 Å². The Kier molecular flexibility index (Phi) is 6.38. The summed E-state index contributed by atoms with van der Waals surface area (Å²) in [6.45, 7) is 1.44. The lowest BCUT2D eigenvalue weighted by atomic mass is 9.99. The molecular weight excluding hydrogens is 456 g/mol. The Morgan fingerprint density at radius 3 is 2.03 bits per heavy atom. The molecule has 1 heterocycles. The minimum atomic E-state index is -3.80. The zero-order chi connectivity index (χ0) is 24.3. The van der Waals surface area contributed by atoms with Crippen molar-refractivity contribution in [3.05, 3.63) is 131 Å². The Hall–Kier alpha value is -3.90. The Labute approximate surface area is 206 Å². The molecule has 0 aliphatic carbocycles. The number of carbonyl (C=O) groups is 1. The second-order valence-electron chi connectivity index (χ2n) is 8.60. The molecule has 0 unspecified atom stereocenters. The molecule has 35 heavy (non-hydrogen) atoms. The van der Waals surface area contributed by atoms with Crippen molar-refractivity contribution in [3.63, 3.8) is 0 Å². The maximum Gasteiger partial charge on any atom is 0.264 e. The van der Waals surface area contributed by atoms with E-state index in [9.17, 15) is 13.2 Å². The predicted molar refractivity (Wildman–Crippen MR) is 138 cm³/mol. The van der Waals surface area contributed by atoms with Gasteiger partial charge in [0.15, 0.2) is 0 Å². The number of amides is 1. The average Bonchev–Trinajstić information content (AvgIpc) is 2.92. The van der Waals surface area contributed by atoms with Crippen molar-refractivity contribution in [2.75, 3.05) is 10.8 Å². The van der Waals surface area contributed by atoms with Crippen LogP contribution in [0.1, 0.15) is 27.0 Å². The third-order valence-corrected chi connectivity index (χ3v) is 8.11. The molecule has 0 atom stereocenters. The molecule has 1 amide bonds. The van der Waals surface area contributed by atoms with Crippen LogP contribution in [-0.4, -0.2) is 25.8 Å². The minimum Gasteiger partial charge on any atom is -0.334 e. The van der Waals surface area contributed by atoms with Crippen molar-refractivity contribution < 1.29 is 13.2 Å². The lowest BCUT2D eigenvalue weighted by Crippen LogP contribution is -2.36. The van der Waals surface area contributed by atoms with Crippen molar-refractivity contribution in [1.82, 2.24) is 4.90 Å². The normalized spacial score (nSPS) is 13.2. The van der Waals surface area contributed by atoms with Gasteiger partial charge in [0, 0.05) is 18.7 Å². The lowest BCUT2D eigenvalue weighted by molar-refractivity contribution is 0.0734. The van der Waals surface area contributed by atoms with Crippen molar-refractivity contribution in [3.8, 4) is 0 Å². The SMILES string of the molecule is O=C(c1ccc(N(Cc2ccccc2)S(=O)(=O)c2ccccc2)cc1)N1CCc2ccccc2C1. The summed E-state index contributed by atoms with van der Waals surface area (Å²) in [4.78, 5) is 15.3. The molecule has 5 nitrogen and oxygen atoms in total. The summed E-state index contributed by atoms with van der Waals surface area (Å²) < 4.78 is 28.5. The van der Waals surface area contributed by atoms with E-state index in [4.69, 9.17) is 0 Å². The molecule has 4 aromatic rings. The summed E-state index contributed by atoms with van der Waals surface area (Å²) in [6.07, 6.45) is 0.834. The van der Waals surface area contributed by atoms with E-state index in [1.807, 2.05) is 47.4 Å². The number of sulfonamides is 1. The van der Waals surface area contributed by atoms with Gasteiger partial charge in [0.2, 0.25) is 0 Å². The van der Waals surface area contributed by atoms with Crippen LogP contribution in [0.3, 0.4) is 0 Å². The number of hydrogen-bond acceptors (Lipinski definition) is 3. The monoisotopic (exact) mass is 482 g/mol. The molecule has 0 saturated carbocycles. The van der Waals surface area contributed by atoms with Gasteiger partial charge >= 0.3 is 0 Å². The standard InChI is InChI=1S/C29H26N2O3S/c32-29(30-20-19-24-11-7-8-12-26(24)22-30)25-15-17-27(18-16-25)31(21-23-9-3-1-4-10-23)35(33,34)28-13-5-2-6-14-28/h1-18H,19-22H2. The Balaban J connectivity index is 1.43. The van der Waals surface area contributed by atoms with Crippen LogP contribution in [-0.2, 0) is 29.5 Å². The summed E-state index contributed by atoms with van der Waals surface area (Å²) in [5, 5.41) is 0. The number of carbonyl (C=O) groups excluding carboxylic acids is 1. The smallest absolute Gasteiger partial charge is 0.264 e. The van der Waals surface area contributed by atoms with E-state index in [1.165, 1.54) is 15.4 Å². The largest absolute Gasteiger partial charge is 0.334 e. The van der Waals surface area contributed by atoms with Crippen LogP contribution in [0, 0.1) is 0 Å². The molecule has 176 valence electrons. The van der Waals surface area contributed by atoms with Gasteiger partial charge in [0.25, 0.3) is 15.9 Å². The first-order chi connectivity index (χ1) is 17.0. The fraction of sp³-hybridized carbons (Fsp3) is 0.138. The molecule has 1 aliphatic heterocycles. The van der Waals surface area contributed by atoms with Crippen molar-refractivity contribution >= 4 is 21.6 Å². The summed E-state index contributed by atoms with van der Waals surface area (Å²) in [5.41, 5.74) is 4.39. The van der Waals surface area contributed by atoms with E-state index in [1.54, 1.807) is 54.6 Å². The van der Waals surface area contributed by atoms with Crippen LogP contribution < -0.4 is 4.31 Å². The maximum absolute atomic E-state index is 13.6. The molecule has 0 spiro atoms. The second kappa shape index (κ2) is 9.76. The molecule has 0 radical (unpaired) electrons. The van der Waals surface area contributed by atoms with Crippen molar-refractivity contribution in [2.45, 2.75) is 24.4 Å². The van der Waals surface area contributed by atoms with E-state index in [2.05, 4.69) is 12.1 Å². The summed E-state index contributed by atoms with van der Waals surface area (Å²) >= 11 is 0. The van der Waals surface area contributed by atoms with Gasteiger partial charge in [0.05, 0.1) is 17.1 Å². The van der Waals surface area contributed by atoms with Gasteiger partial charge in [-0.15, -0.1) is 0 Å². The van der Waals surface area contributed by atoms with Gasteiger partial charge in [-0.05, 0) is 59.5 Å². The third-order valence-electron chi connectivity index (χ3n) is 6.32. The maximum atomic E-state index is 13.6. The van der Waals surface area contributed by atoms with Crippen LogP contribution in [0.15, 0.2) is 114 Å². The van der Waals surface area contributed by atoms with Gasteiger partial charge in [-0.1, -0.05) is 72.8 Å². The molecule has 1 aliphatic rings. The summed E-state index contributed by atoms with van der Waals surface area (Å²) in [5.74, 6) is -0.0495. The van der Waals surface area contributed by atoms with Crippen molar-refractivity contribution in [2.24, 2.45) is 0 Å².